The van der Waals surface area contributed by atoms with Crippen LogP contribution in [0.25, 0.3) is 0 Å². The lowest BCUT2D eigenvalue weighted by molar-refractivity contribution is -0.387. The number of carbonyl (C=O) groups is 1. The Balaban J connectivity index is 3.14. The smallest absolute Gasteiger partial charge is 0.276 e. The molecule has 0 aromatic heterocycles. The first-order valence-corrected chi connectivity index (χ1v) is 8.12. The normalized spacial score (nSPS) is 10.4. The molecule has 0 saturated heterocycles. The Kier molecular flexibility index (Phi) is 7.47. The van der Waals surface area contributed by atoms with Crippen LogP contribution < -0.4 is 0 Å². The first kappa shape index (κ1) is 17.7. The van der Waals surface area contributed by atoms with E-state index < -0.39 is 10.2 Å². The van der Waals surface area contributed by atoms with Crippen molar-refractivity contribution >= 4 is 34.3 Å². The predicted octanol–water partition coefficient (Wildman–Crippen LogP) is 4.98. The molecular formula is C15H18ClNO3S. The van der Waals surface area contributed by atoms with Crippen LogP contribution in [0.4, 0.5) is 5.69 Å². The summed E-state index contributed by atoms with van der Waals surface area (Å²) in [5.74, 6) is 0.816. The summed E-state index contributed by atoms with van der Waals surface area (Å²) in [7, 11) is 0. The lowest BCUT2D eigenvalue weighted by Crippen LogP contribution is -2.01. The maximum atomic E-state index is 11.4. The lowest BCUT2D eigenvalue weighted by atomic mass is 10.0. The summed E-state index contributed by atoms with van der Waals surface area (Å²) < 4.78 is 0. The van der Waals surface area contributed by atoms with Gasteiger partial charge in [0.25, 0.3) is 10.9 Å². The molecule has 0 amide bonds. The van der Waals surface area contributed by atoms with Crippen LogP contribution in [-0.4, -0.2) is 15.9 Å². The van der Waals surface area contributed by atoms with Gasteiger partial charge in [0.05, 0.1) is 9.82 Å². The van der Waals surface area contributed by atoms with Gasteiger partial charge in [-0.15, -0.1) is 18.3 Å². The highest BCUT2D eigenvalue weighted by molar-refractivity contribution is 7.99. The van der Waals surface area contributed by atoms with Gasteiger partial charge < -0.3 is 0 Å². The second-order valence-electron chi connectivity index (χ2n) is 4.56. The third-order valence-electron chi connectivity index (χ3n) is 2.96. The number of nitro groups is 1. The first-order chi connectivity index (χ1) is 10.0. The highest BCUT2D eigenvalue weighted by atomic mass is 35.5. The molecule has 0 unspecified atom stereocenters. The number of carbonyl (C=O) groups excluding carboxylic acids is 1. The molecule has 0 spiro atoms. The van der Waals surface area contributed by atoms with Gasteiger partial charge in [-0.3, -0.25) is 14.9 Å². The van der Waals surface area contributed by atoms with Gasteiger partial charge in [0.1, 0.15) is 0 Å². The van der Waals surface area contributed by atoms with Gasteiger partial charge in [-0.1, -0.05) is 25.8 Å². The molecule has 6 heteroatoms. The van der Waals surface area contributed by atoms with E-state index in [-0.39, 0.29) is 11.3 Å². The van der Waals surface area contributed by atoms with Crippen LogP contribution in [0.15, 0.2) is 29.7 Å². The average Bonchev–Trinajstić information content (AvgIpc) is 2.43. The molecule has 1 aromatic carbocycles. The number of thioether (sulfide) groups is 1. The molecule has 0 bridgehead atoms. The fraction of sp³-hybridized carbons (Fsp3) is 0.400. The van der Waals surface area contributed by atoms with Crippen LogP contribution in [0.3, 0.4) is 0 Å². The van der Waals surface area contributed by atoms with Gasteiger partial charge in [0, 0.05) is 11.6 Å². The van der Waals surface area contributed by atoms with Crippen molar-refractivity contribution in [2.45, 2.75) is 37.5 Å². The summed E-state index contributed by atoms with van der Waals surface area (Å²) in [5.41, 5.74) is 0.795. The fourth-order valence-electron chi connectivity index (χ4n) is 1.91. The third-order valence-corrected chi connectivity index (χ3v) is 4.30. The largest absolute Gasteiger partial charge is 0.283 e. The lowest BCUT2D eigenvalue weighted by Gasteiger charge is -2.09. The summed E-state index contributed by atoms with van der Waals surface area (Å²) in [5, 5.41) is 10.5. The van der Waals surface area contributed by atoms with E-state index in [9.17, 15) is 14.9 Å². The molecule has 0 saturated carbocycles. The van der Waals surface area contributed by atoms with Crippen molar-refractivity contribution in [1.29, 1.82) is 0 Å². The Hall–Kier alpha value is -1.33. The summed E-state index contributed by atoms with van der Waals surface area (Å²) >= 11 is 6.96. The minimum absolute atomic E-state index is 0.0617. The predicted molar refractivity (Wildman–Crippen MR) is 87.4 cm³/mol. The average molecular weight is 328 g/mol. The van der Waals surface area contributed by atoms with Crippen LogP contribution in [0, 0.1) is 10.1 Å². The second kappa shape index (κ2) is 8.85. The number of benzene rings is 1. The summed E-state index contributed by atoms with van der Waals surface area (Å²) in [6, 6.07) is 2.96. The maximum absolute atomic E-state index is 11.4. The zero-order chi connectivity index (χ0) is 15.8. The number of rotatable bonds is 9. The topological polar surface area (TPSA) is 60.2 Å². The molecule has 0 aliphatic rings. The molecule has 4 nitrogen and oxygen atoms in total. The molecule has 21 heavy (non-hydrogen) atoms. The molecule has 0 fully saturated rings. The van der Waals surface area contributed by atoms with E-state index in [2.05, 4.69) is 13.5 Å². The van der Waals surface area contributed by atoms with Gasteiger partial charge in [-0.25, -0.2) is 0 Å². The highest BCUT2D eigenvalue weighted by Crippen LogP contribution is 2.33. The molecule has 0 atom stereocenters. The van der Waals surface area contributed by atoms with Crippen molar-refractivity contribution in [3.8, 4) is 0 Å². The van der Waals surface area contributed by atoms with E-state index in [0.717, 1.165) is 25.0 Å². The first-order valence-electron chi connectivity index (χ1n) is 6.76. The zero-order valence-electron chi connectivity index (χ0n) is 11.9. The van der Waals surface area contributed by atoms with Gasteiger partial charge in [-0.05, 0) is 41.8 Å². The van der Waals surface area contributed by atoms with Crippen molar-refractivity contribution in [2.24, 2.45) is 0 Å². The summed E-state index contributed by atoms with van der Waals surface area (Å²) in [4.78, 5) is 22.7. The van der Waals surface area contributed by atoms with E-state index >= 15 is 0 Å². The monoisotopic (exact) mass is 327 g/mol. The summed E-state index contributed by atoms with van der Waals surface area (Å²) in [6.45, 7) is 5.74. The van der Waals surface area contributed by atoms with E-state index in [0.29, 0.717) is 16.9 Å². The Morgan fingerprint density at radius 1 is 1.48 bits per heavy atom. The van der Waals surface area contributed by atoms with Crippen LogP contribution in [-0.2, 0) is 6.42 Å². The molecule has 0 aliphatic carbocycles. The van der Waals surface area contributed by atoms with Gasteiger partial charge >= 0.3 is 0 Å². The highest BCUT2D eigenvalue weighted by Gasteiger charge is 2.20. The SMILES string of the molecule is C=CCc1cc(SCCCCC)c([N+](=O)[O-])cc1C(=O)Cl. The number of nitro benzene ring substituents is 1. The van der Waals surface area contributed by atoms with E-state index in [1.165, 1.54) is 17.8 Å². The van der Waals surface area contributed by atoms with Crippen molar-refractivity contribution in [3.63, 3.8) is 0 Å². The van der Waals surface area contributed by atoms with Crippen molar-refractivity contribution < 1.29 is 9.72 Å². The number of halogens is 1. The zero-order valence-corrected chi connectivity index (χ0v) is 13.5. The van der Waals surface area contributed by atoms with E-state index in [4.69, 9.17) is 11.6 Å². The van der Waals surface area contributed by atoms with Crippen molar-refractivity contribution in [1.82, 2.24) is 0 Å². The number of hydrogen-bond acceptors (Lipinski definition) is 4. The van der Waals surface area contributed by atoms with Crippen molar-refractivity contribution in [3.05, 3.63) is 46.0 Å². The van der Waals surface area contributed by atoms with Gasteiger partial charge in [0.2, 0.25) is 0 Å². The minimum atomic E-state index is -0.683. The standard InChI is InChI=1S/C15H18ClNO3S/c1-3-5-6-8-21-14-9-11(7-4-2)12(15(16)18)10-13(14)17(19)20/h4,9-10H,2-3,5-8H2,1H3. The molecule has 114 valence electrons. The Morgan fingerprint density at radius 2 is 2.19 bits per heavy atom. The maximum Gasteiger partial charge on any atom is 0.283 e. The molecule has 1 rings (SSSR count). The number of allylic oxidation sites excluding steroid dienone is 1. The van der Waals surface area contributed by atoms with Crippen LogP contribution in [0.1, 0.15) is 42.1 Å². The Labute approximate surface area is 133 Å². The molecule has 1 aromatic rings. The molecule has 0 aliphatic heterocycles. The van der Waals surface area contributed by atoms with Gasteiger partial charge in [-0.2, -0.15) is 0 Å². The number of hydrogen-bond donors (Lipinski definition) is 0. The minimum Gasteiger partial charge on any atom is -0.276 e. The molecular weight excluding hydrogens is 310 g/mol. The number of unbranched alkanes of at least 4 members (excludes halogenated alkanes) is 2. The fourth-order valence-corrected chi connectivity index (χ4v) is 3.16. The van der Waals surface area contributed by atoms with Crippen LogP contribution >= 0.6 is 23.4 Å². The van der Waals surface area contributed by atoms with E-state index in [1.807, 2.05) is 0 Å². The molecule has 0 N–H and O–H groups in total. The number of nitrogens with zero attached hydrogens (tertiary/aromatic N) is 1. The van der Waals surface area contributed by atoms with Crippen molar-refractivity contribution in [2.75, 3.05) is 5.75 Å². The van der Waals surface area contributed by atoms with Gasteiger partial charge in [0.15, 0.2) is 0 Å². The Bertz CT molecular complexity index is 546. The molecule has 0 heterocycles. The summed E-state index contributed by atoms with van der Waals surface area (Å²) in [6.07, 6.45) is 5.30. The quantitative estimate of drug-likeness (QED) is 0.160. The van der Waals surface area contributed by atoms with Crippen LogP contribution in [0.5, 0.6) is 0 Å². The third kappa shape index (κ3) is 5.17. The van der Waals surface area contributed by atoms with Crippen LogP contribution in [0.2, 0.25) is 0 Å². The van der Waals surface area contributed by atoms with E-state index in [1.54, 1.807) is 12.1 Å². The second-order valence-corrected chi connectivity index (χ2v) is 6.04. The molecule has 0 radical (unpaired) electrons. The Morgan fingerprint density at radius 3 is 2.71 bits per heavy atom.